The Balaban J connectivity index is 1.54. The predicted octanol–water partition coefficient (Wildman–Crippen LogP) is 3.88. The number of rotatable bonds is 12. The van der Waals surface area contributed by atoms with Crippen molar-refractivity contribution >= 4 is 11.9 Å². The van der Waals surface area contributed by atoms with Gasteiger partial charge in [0, 0.05) is 18.3 Å². The number of aliphatic hydroxyl groups excluding tert-OH is 1. The molecule has 0 bridgehead atoms. The zero-order valence-corrected chi connectivity index (χ0v) is 18.6. The molecule has 6 nitrogen and oxygen atoms in total. The van der Waals surface area contributed by atoms with Crippen molar-refractivity contribution in [3.63, 3.8) is 0 Å². The number of hydrogen-bond acceptors (Lipinski definition) is 4. The molecule has 2 atom stereocenters. The van der Waals surface area contributed by atoms with Crippen LogP contribution in [0, 0.1) is 5.92 Å². The fraction of sp³-hybridized carbons (Fsp3) is 0.296. The summed E-state index contributed by atoms with van der Waals surface area (Å²) in [5, 5.41) is 21.8. The maximum absolute atomic E-state index is 12.8. The molecule has 3 N–H and O–H groups in total. The van der Waals surface area contributed by atoms with Crippen molar-refractivity contribution in [2.75, 3.05) is 6.61 Å². The van der Waals surface area contributed by atoms with E-state index in [4.69, 9.17) is 0 Å². The highest BCUT2D eigenvalue weighted by atomic mass is 16.4. The Bertz CT molecular complexity index is 1010. The summed E-state index contributed by atoms with van der Waals surface area (Å²) in [4.78, 5) is 28.2. The van der Waals surface area contributed by atoms with E-state index in [9.17, 15) is 19.8 Å². The Morgan fingerprint density at radius 1 is 0.909 bits per heavy atom. The van der Waals surface area contributed by atoms with Crippen molar-refractivity contribution in [1.29, 1.82) is 0 Å². The minimum absolute atomic E-state index is 0.228. The van der Waals surface area contributed by atoms with E-state index in [0.717, 1.165) is 28.7 Å². The number of nitrogens with zero attached hydrogens (tertiary/aromatic N) is 1. The number of amides is 1. The maximum atomic E-state index is 12.8. The number of aliphatic hydroxyl groups is 1. The van der Waals surface area contributed by atoms with Crippen LogP contribution in [0.2, 0.25) is 0 Å². The Kier molecular flexibility index (Phi) is 9.15. The van der Waals surface area contributed by atoms with Crippen molar-refractivity contribution in [1.82, 2.24) is 10.3 Å². The maximum Gasteiger partial charge on any atom is 0.304 e. The van der Waals surface area contributed by atoms with Gasteiger partial charge in [-0.25, -0.2) is 0 Å². The Labute approximate surface area is 194 Å². The molecule has 0 saturated heterocycles. The molecule has 3 aromatic rings. The molecule has 0 radical (unpaired) electrons. The summed E-state index contributed by atoms with van der Waals surface area (Å²) >= 11 is 0. The minimum Gasteiger partial charge on any atom is -0.481 e. The number of pyridine rings is 1. The number of carbonyl (C=O) groups excluding carboxylic acids is 1. The number of carbonyl (C=O) groups is 2. The first-order valence-corrected chi connectivity index (χ1v) is 11.2. The molecule has 2 aromatic carbocycles. The average molecular weight is 447 g/mol. The summed E-state index contributed by atoms with van der Waals surface area (Å²) in [6.45, 7) is -0.228. The molecule has 0 aliphatic carbocycles. The summed E-state index contributed by atoms with van der Waals surface area (Å²) in [7, 11) is 0. The topological polar surface area (TPSA) is 99.5 Å². The lowest BCUT2D eigenvalue weighted by Gasteiger charge is -2.21. The largest absolute Gasteiger partial charge is 0.481 e. The fourth-order valence-electron chi connectivity index (χ4n) is 3.87. The average Bonchev–Trinajstić information content (AvgIpc) is 2.84. The number of aromatic nitrogens is 1. The molecule has 1 heterocycles. The molecule has 0 spiro atoms. The van der Waals surface area contributed by atoms with Crippen LogP contribution >= 0.6 is 0 Å². The SMILES string of the molecule is O=C(O)C[C@@H](CCCc1ccc(-c2ccccc2)cc1)C(=O)N[C@H](CO)Cc1cccnc1. The van der Waals surface area contributed by atoms with Gasteiger partial charge in [-0.15, -0.1) is 0 Å². The first-order chi connectivity index (χ1) is 16.0. The zero-order valence-electron chi connectivity index (χ0n) is 18.6. The lowest BCUT2D eigenvalue weighted by atomic mass is 9.94. The van der Waals surface area contributed by atoms with Crippen LogP contribution in [0.15, 0.2) is 79.1 Å². The van der Waals surface area contributed by atoms with Crippen LogP contribution in [-0.2, 0) is 22.4 Å². The first-order valence-electron chi connectivity index (χ1n) is 11.2. The Hall–Kier alpha value is -3.51. The van der Waals surface area contributed by atoms with E-state index in [1.54, 1.807) is 18.5 Å². The van der Waals surface area contributed by atoms with Crippen LogP contribution in [0.25, 0.3) is 11.1 Å². The highest BCUT2D eigenvalue weighted by Gasteiger charge is 2.24. The second-order valence-electron chi connectivity index (χ2n) is 8.20. The van der Waals surface area contributed by atoms with Crippen molar-refractivity contribution in [2.45, 2.75) is 38.1 Å². The zero-order chi connectivity index (χ0) is 23.5. The number of carboxylic acid groups (broad SMARTS) is 1. The van der Waals surface area contributed by atoms with Gasteiger partial charge >= 0.3 is 5.97 Å². The number of carboxylic acids is 1. The van der Waals surface area contributed by atoms with Gasteiger partial charge in [-0.2, -0.15) is 0 Å². The van der Waals surface area contributed by atoms with E-state index < -0.39 is 17.9 Å². The van der Waals surface area contributed by atoms with E-state index in [-0.39, 0.29) is 18.9 Å². The van der Waals surface area contributed by atoms with Crippen LogP contribution in [0.1, 0.15) is 30.4 Å². The second-order valence-corrected chi connectivity index (χ2v) is 8.20. The van der Waals surface area contributed by atoms with Gasteiger partial charge in [-0.1, -0.05) is 60.7 Å². The van der Waals surface area contributed by atoms with Crippen molar-refractivity contribution in [2.24, 2.45) is 5.92 Å². The van der Waals surface area contributed by atoms with E-state index in [2.05, 4.69) is 46.7 Å². The molecule has 172 valence electrons. The molecule has 0 aliphatic heterocycles. The molecule has 1 aromatic heterocycles. The molecule has 6 heteroatoms. The Morgan fingerprint density at radius 3 is 2.27 bits per heavy atom. The van der Waals surface area contributed by atoms with Gasteiger partial charge in [-0.3, -0.25) is 14.6 Å². The summed E-state index contributed by atoms with van der Waals surface area (Å²) in [5.41, 5.74) is 4.35. The molecule has 0 saturated carbocycles. The predicted molar refractivity (Wildman–Crippen MR) is 128 cm³/mol. The van der Waals surface area contributed by atoms with Crippen LogP contribution in [-0.4, -0.2) is 39.7 Å². The summed E-state index contributed by atoms with van der Waals surface area (Å²) in [6.07, 6.45) is 5.47. The lowest BCUT2D eigenvalue weighted by Crippen LogP contribution is -2.42. The summed E-state index contributed by atoms with van der Waals surface area (Å²) in [5.74, 6) is -1.98. The quantitative estimate of drug-likeness (QED) is 0.392. The van der Waals surface area contributed by atoms with E-state index in [1.807, 2.05) is 24.3 Å². The fourth-order valence-corrected chi connectivity index (χ4v) is 3.87. The van der Waals surface area contributed by atoms with E-state index in [0.29, 0.717) is 19.3 Å². The molecular formula is C27H30N2O4. The lowest BCUT2D eigenvalue weighted by molar-refractivity contribution is -0.141. The van der Waals surface area contributed by atoms with Crippen LogP contribution in [0.4, 0.5) is 0 Å². The smallest absolute Gasteiger partial charge is 0.304 e. The molecule has 0 aliphatic rings. The highest BCUT2D eigenvalue weighted by molar-refractivity contribution is 5.83. The third-order valence-corrected chi connectivity index (χ3v) is 5.64. The Morgan fingerprint density at radius 2 is 1.64 bits per heavy atom. The number of nitrogens with one attached hydrogen (secondary N) is 1. The number of aryl methyl sites for hydroxylation is 1. The molecule has 0 fully saturated rings. The normalized spacial score (nSPS) is 12.6. The standard InChI is InChI=1S/C27H30N2O4/c30-19-25(16-21-7-5-15-28-18-21)29-27(33)24(17-26(31)32)10-4-6-20-11-13-23(14-12-20)22-8-2-1-3-9-22/h1-3,5,7-9,11-15,18,24-25,30H,4,6,10,16-17,19H2,(H,29,33)(H,31,32)/t24-,25+/m1/s1. The highest BCUT2D eigenvalue weighted by Crippen LogP contribution is 2.21. The number of benzene rings is 2. The van der Waals surface area contributed by atoms with Crippen LogP contribution in [0.3, 0.4) is 0 Å². The minimum atomic E-state index is -1.00. The van der Waals surface area contributed by atoms with Gasteiger partial charge in [0.2, 0.25) is 5.91 Å². The molecular weight excluding hydrogens is 416 g/mol. The van der Waals surface area contributed by atoms with E-state index in [1.165, 1.54) is 0 Å². The number of aliphatic carboxylic acids is 1. The molecule has 1 amide bonds. The van der Waals surface area contributed by atoms with Crippen LogP contribution in [0.5, 0.6) is 0 Å². The van der Waals surface area contributed by atoms with Gasteiger partial charge in [0.25, 0.3) is 0 Å². The third kappa shape index (κ3) is 7.84. The van der Waals surface area contributed by atoms with Crippen molar-refractivity contribution < 1.29 is 19.8 Å². The van der Waals surface area contributed by atoms with Crippen molar-refractivity contribution in [3.05, 3.63) is 90.3 Å². The van der Waals surface area contributed by atoms with Gasteiger partial charge in [-0.05, 0) is 54.0 Å². The van der Waals surface area contributed by atoms with Gasteiger partial charge in [0.15, 0.2) is 0 Å². The number of hydrogen-bond donors (Lipinski definition) is 3. The van der Waals surface area contributed by atoms with E-state index >= 15 is 0 Å². The first kappa shape index (κ1) is 24.1. The van der Waals surface area contributed by atoms with Gasteiger partial charge in [0.05, 0.1) is 19.1 Å². The van der Waals surface area contributed by atoms with Gasteiger partial charge < -0.3 is 15.5 Å². The summed E-state index contributed by atoms with van der Waals surface area (Å²) < 4.78 is 0. The second kappa shape index (κ2) is 12.5. The van der Waals surface area contributed by atoms with Crippen molar-refractivity contribution in [3.8, 4) is 11.1 Å². The summed E-state index contributed by atoms with van der Waals surface area (Å²) in [6, 6.07) is 21.6. The van der Waals surface area contributed by atoms with Crippen LogP contribution < -0.4 is 5.32 Å². The molecule has 3 rings (SSSR count). The van der Waals surface area contributed by atoms with Gasteiger partial charge in [0.1, 0.15) is 0 Å². The molecule has 0 unspecified atom stereocenters. The molecule has 33 heavy (non-hydrogen) atoms. The monoisotopic (exact) mass is 446 g/mol. The third-order valence-electron chi connectivity index (χ3n) is 5.64.